The maximum atomic E-state index is 5.69. The quantitative estimate of drug-likeness (QED) is 0.581. The van der Waals surface area contributed by atoms with Crippen LogP contribution in [0.1, 0.15) is 69.5 Å². The van der Waals surface area contributed by atoms with E-state index in [9.17, 15) is 0 Å². The fraction of sp³-hybridized carbons (Fsp3) is 0.833. The van der Waals surface area contributed by atoms with Gasteiger partial charge in [0.1, 0.15) is 0 Å². The van der Waals surface area contributed by atoms with Gasteiger partial charge in [-0.1, -0.05) is 45.0 Å². The Hall–Kier alpha value is -0.520. The summed E-state index contributed by atoms with van der Waals surface area (Å²) < 4.78 is 4.07. The summed E-state index contributed by atoms with van der Waals surface area (Å²) in [5.74, 6) is 6.80. The zero-order chi connectivity index (χ0) is 12.8. The lowest BCUT2D eigenvalue weighted by Gasteiger charge is -2.21. The molecule has 0 aliphatic heterocycles. The van der Waals surface area contributed by atoms with Crippen molar-refractivity contribution in [2.24, 2.45) is 11.8 Å². The molecule has 0 aromatic carbocycles. The normalized spacial score (nSPS) is 13.6. The number of nitrogens with zero attached hydrogens (tertiary/aromatic N) is 2. The van der Waals surface area contributed by atoms with E-state index in [1.54, 1.807) is 0 Å². The van der Waals surface area contributed by atoms with Gasteiger partial charge >= 0.3 is 0 Å². The lowest BCUT2D eigenvalue weighted by atomic mass is 9.93. The third kappa shape index (κ3) is 3.72. The van der Waals surface area contributed by atoms with E-state index >= 15 is 0 Å². The van der Waals surface area contributed by atoms with Gasteiger partial charge in [-0.15, -0.1) is 5.10 Å². The first-order valence-corrected chi connectivity index (χ1v) is 7.19. The van der Waals surface area contributed by atoms with Crippen LogP contribution >= 0.6 is 11.5 Å². The molecular formula is C12H24N4S. The number of hydrazine groups is 1. The van der Waals surface area contributed by atoms with Gasteiger partial charge in [-0.25, -0.2) is 0 Å². The molecule has 3 N–H and O–H groups in total. The molecule has 4 nitrogen and oxygen atoms in total. The summed E-state index contributed by atoms with van der Waals surface area (Å²) in [5, 5.41) is 4.22. The summed E-state index contributed by atoms with van der Waals surface area (Å²) >= 11 is 1.47. The highest BCUT2D eigenvalue weighted by Gasteiger charge is 2.22. The third-order valence-corrected chi connectivity index (χ3v) is 4.18. The lowest BCUT2D eigenvalue weighted by Crippen LogP contribution is -2.29. The molecule has 1 rings (SSSR count). The molecule has 0 fully saturated rings. The molecule has 0 saturated heterocycles. The van der Waals surface area contributed by atoms with Gasteiger partial charge in [0.2, 0.25) is 0 Å². The molecule has 0 bridgehead atoms. The Bertz CT molecular complexity index is 320. The average molecular weight is 256 g/mol. The van der Waals surface area contributed by atoms with Gasteiger partial charge in [0, 0.05) is 0 Å². The molecule has 0 saturated carbocycles. The van der Waals surface area contributed by atoms with Crippen LogP contribution in [-0.2, 0) is 0 Å². The topological polar surface area (TPSA) is 63.8 Å². The zero-order valence-electron chi connectivity index (χ0n) is 11.2. The van der Waals surface area contributed by atoms with Crippen LogP contribution in [0.3, 0.4) is 0 Å². The van der Waals surface area contributed by atoms with E-state index in [0.29, 0.717) is 11.8 Å². The Morgan fingerprint density at radius 1 is 1.29 bits per heavy atom. The fourth-order valence-corrected chi connectivity index (χ4v) is 2.93. The van der Waals surface area contributed by atoms with E-state index in [0.717, 1.165) is 12.1 Å². The second-order valence-corrected chi connectivity index (χ2v) is 5.60. The molecular weight excluding hydrogens is 232 g/mol. The van der Waals surface area contributed by atoms with Gasteiger partial charge in [-0.2, -0.15) is 0 Å². The van der Waals surface area contributed by atoms with Crippen LogP contribution in [0.4, 0.5) is 0 Å². The average Bonchev–Trinajstić information content (AvgIpc) is 2.80. The molecule has 17 heavy (non-hydrogen) atoms. The summed E-state index contributed by atoms with van der Waals surface area (Å²) in [6.45, 7) is 8.75. The molecule has 1 aromatic heterocycles. The molecule has 1 aromatic rings. The van der Waals surface area contributed by atoms with Crippen LogP contribution in [0.5, 0.6) is 0 Å². The van der Waals surface area contributed by atoms with E-state index < -0.39 is 0 Å². The summed E-state index contributed by atoms with van der Waals surface area (Å²) in [6, 6.07) is 0.192. The van der Waals surface area contributed by atoms with E-state index in [1.165, 1.54) is 29.3 Å². The second-order valence-electron chi connectivity index (χ2n) is 4.81. The van der Waals surface area contributed by atoms with Gasteiger partial charge in [0.25, 0.3) is 0 Å². The first kappa shape index (κ1) is 14.5. The highest BCUT2D eigenvalue weighted by Crippen LogP contribution is 2.31. The minimum atomic E-state index is 0.192. The summed E-state index contributed by atoms with van der Waals surface area (Å²) in [7, 11) is 0. The molecule has 98 valence electrons. The summed E-state index contributed by atoms with van der Waals surface area (Å²) in [5.41, 5.74) is 4.02. The number of rotatable bonds is 7. The minimum Gasteiger partial charge on any atom is -0.271 e. The molecule has 5 heteroatoms. The summed E-state index contributed by atoms with van der Waals surface area (Å²) in [4.78, 5) is 1.20. The molecule has 0 amide bonds. The molecule has 1 heterocycles. The van der Waals surface area contributed by atoms with Crippen LogP contribution < -0.4 is 11.3 Å². The maximum Gasteiger partial charge on any atom is 0.0829 e. The maximum absolute atomic E-state index is 5.69. The smallest absolute Gasteiger partial charge is 0.0829 e. The minimum absolute atomic E-state index is 0.192. The van der Waals surface area contributed by atoms with Crippen molar-refractivity contribution in [1.29, 1.82) is 0 Å². The predicted molar refractivity (Wildman–Crippen MR) is 72.8 cm³/mol. The van der Waals surface area contributed by atoms with E-state index in [2.05, 4.69) is 42.7 Å². The Labute approximate surface area is 108 Å². The molecule has 0 aliphatic carbocycles. The van der Waals surface area contributed by atoms with Crippen molar-refractivity contribution < 1.29 is 0 Å². The first-order valence-electron chi connectivity index (χ1n) is 6.42. The van der Waals surface area contributed by atoms with Crippen molar-refractivity contribution in [3.63, 3.8) is 0 Å². The van der Waals surface area contributed by atoms with Gasteiger partial charge in [-0.05, 0) is 29.8 Å². The largest absolute Gasteiger partial charge is 0.271 e. The Morgan fingerprint density at radius 3 is 2.41 bits per heavy atom. The van der Waals surface area contributed by atoms with Crippen molar-refractivity contribution >= 4 is 11.5 Å². The Balaban J connectivity index is 2.82. The van der Waals surface area contributed by atoms with E-state index in [-0.39, 0.29) is 6.04 Å². The molecule has 1 atom stereocenters. The summed E-state index contributed by atoms with van der Waals surface area (Å²) in [6.07, 6.45) is 3.45. The van der Waals surface area contributed by atoms with Gasteiger partial charge in [0.05, 0.1) is 16.6 Å². The highest BCUT2D eigenvalue weighted by atomic mass is 32.1. The van der Waals surface area contributed by atoms with Crippen LogP contribution in [-0.4, -0.2) is 9.59 Å². The number of hydrogen-bond acceptors (Lipinski definition) is 5. The molecule has 0 spiro atoms. The van der Waals surface area contributed by atoms with Crippen molar-refractivity contribution in [2.75, 3.05) is 0 Å². The molecule has 0 aliphatic rings. The number of nitrogens with two attached hydrogens (primary N) is 1. The van der Waals surface area contributed by atoms with E-state index in [1.807, 2.05) is 0 Å². The number of hydrogen-bond donors (Lipinski definition) is 2. The zero-order valence-corrected chi connectivity index (χ0v) is 12.0. The van der Waals surface area contributed by atoms with Crippen molar-refractivity contribution in [3.05, 3.63) is 10.6 Å². The molecule has 0 radical (unpaired) electrons. The number of nitrogens with one attached hydrogen (secondary N) is 1. The SMILES string of the molecule is CCC(CC)CC(NN)c1snnc1C(C)C. The molecule has 1 unspecified atom stereocenters. The fourth-order valence-electron chi connectivity index (χ4n) is 2.05. The van der Waals surface area contributed by atoms with Gasteiger partial charge in [-0.3, -0.25) is 11.3 Å². The van der Waals surface area contributed by atoms with Crippen molar-refractivity contribution in [3.8, 4) is 0 Å². The third-order valence-electron chi connectivity index (χ3n) is 3.33. The van der Waals surface area contributed by atoms with Crippen LogP contribution in [0.25, 0.3) is 0 Å². The highest BCUT2D eigenvalue weighted by molar-refractivity contribution is 7.05. The van der Waals surface area contributed by atoms with Crippen molar-refractivity contribution in [2.45, 2.75) is 58.9 Å². The van der Waals surface area contributed by atoms with Crippen LogP contribution in [0.15, 0.2) is 0 Å². The predicted octanol–water partition coefficient (Wildman–Crippen LogP) is 2.99. The second kappa shape index (κ2) is 7.03. The lowest BCUT2D eigenvalue weighted by molar-refractivity contribution is 0.376. The monoisotopic (exact) mass is 256 g/mol. The van der Waals surface area contributed by atoms with Crippen LogP contribution in [0.2, 0.25) is 0 Å². The standard InChI is InChI=1S/C12H24N4S/c1-5-9(6-2)7-10(14-13)12-11(8(3)4)15-16-17-12/h8-10,14H,5-7,13H2,1-4H3. The van der Waals surface area contributed by atoms with Gasteiger partial charge in [0.15, 0.2) is 0 Å². The Morgan fingerprint density at radius 2 is 1.94 bits per heavy atom. The first-order chi connectivity index (χ1) is 8.13. The van der Waals surface area contributed by atoms with Crippen LogP contribution in [0, 0.1) is 5.92 Å². The van der Waals surface area contributed by atoms with Gasteiger partial charge < -0.3 is 0 Å². The Kier molecular flexibility index (Phi) is 6.02. The number of aromatic nitrogens is 2. The van der Waals surface area contributed by atoms with E-state index in [4.69, 9.17) is 5.84 Å². The van der Waals surface area contributed by atoms with Crippen molar-refractivity contribution in [1.82, 2.24) is 15.0 Å².